The van der Waals surface area contributed by atoms with Crippen LogP contribution in [0, 0.1) is 29.6 Å². The quantitative estimate of drug-likeness (QED) is 0.227. The van der Waals surface area contributed by atoms with Crippen LogP contribution < -0.4 is 4.74 Å². The molecule has 39 heavy (non-hydrogen) atoms. The number of hydrogen-bond donors (Lipinski definition) is 0. The van der Waals surface area contributed by atoms with Crippen LogP contribution in [0.3, 0.4) is 0 Å². The van der Waals surface area contributed by atoms with E-state index in [1.54, 1.807) is 0 Å². The van der Waals surface area contributed by atoms with E-state index >= 15 is 0 Å². The first-order chi connectivity index (χ1) is 19.0. The molecule has 3 heterocycles. The maximum atomic E-state index is 12.5. The lowest BCUT2D eigenvalue weighted by Crippen LogP contribution is -2.49. The lowest BCUT2D eigenvalue weighted by molar-refractivity contribution is -0.149. The fourth-order valence-electron chi connectivity index (χ4n) is 8.05. The highest BCUT2D eigenvalue weighted by molar-refractivity contribution is 5.71. The molecule has 216 valence electrons. The third-order valence-corrected chi connectivity index (χ3v) is 10.2. The minimum Gasteiger partial charge on any atom is -0.482 e. The Morgan fingerprint density at radius 2 is 1.85 bits per heavy atom. The summed E-state index contributed by atoms with van der Waals surface area (Å²) in [5.41, 5.74) is 2.67. The van der Waals surface area contributed by atoms with Crippen molar-refractivity contribution < 1.29 is 23.8 Å². The van der Waals surface area contributed by atoms with Gasteiger partial charge in [0.15, 0.2) is 6.61 Å². The number of ether oxygens (including phenoxy) is 3. The highest BCUT2D eigenvalue weighted by Crippen LogP contribution is 2.48. The predicted molar refractivity (Wildman–Crippen MR) is 152 cm³/mol. The van der Waals surface area contributed by atoms with E-state index in [1.807, 2.05) is 6.07 Å². The molecule has 1 unspecified atom stereocenters. The van der Waals surface area contributed by atoms with Gasteiger partial charge in [0, 0.05) is 19.4 Å². The zero-order valence-electron chi connectivity index (χ0n) is 24.2. The average molecular weight is 540 g/mol. The summed E-state index contributed by atoms with van der Waals surface area (Å²) in [6.07, 6.45) is 13.8. The zero-order chi connectivity index (χ0) is 27.2. The van der Waals surface area contributed by atoms with Gasteiger partial charge in [-0.25, -0.2) is 4.79 Å². The van der Waals surface area contributed by atoms with Crippen LogP contribution in [0.2, 0.25) is 0 Å². The lowest BCUT2D eigenvalue weighted by atomic mass is 9.73. The number of piperidine rings is 3. The van der Waals surface area contributed by atoms with Crippen molar-refractivity contribution in [2.45, 2.75) is 97.0 Å². The lowest BCUT2D eigenvalue weighted by Gasteiger charge is -2.44. The zero-order valence-corrected chi connectivity index (χ0v) is 24.2. The molecule has 5 atom stereocenters. The van der Waals surface area contributed by atoms with Gasteiger partial charge >= 0.3 is 11.9 Å². The summed E-state index contributed by atoms with van der Waals surface area (Å²) < 4.78 is 17.4. The number of benzene rings is 1. The Morgan fingerprint density at radius 1 is 1.00 bits per heavy atom. The molecular weight excluding hydrogens is 490 g/mol. The van der Waals surface area contributed by atoms with Crippen molar-refractivity contribution in [2.75, 3.05) is 32.8 Å². The largest absolute Gasteiger partial charge is 0.482 e. The second kappa shape index (κ2) is 13.5. The average Bonchev–Trinajstić information content (AvgIpc) is 3.34. The number of nitrogens with zero attached hydrogens (tertiary/aromatic N) is 1. The molecule has 0 spiro atoms. The van der Waals surface area contributed by atoms with E-state index < -0.39 is 0 Å². The van der Waals surface area contributed by atoms with E-state index in [2.05, 4.69) is 24.0 Å². The molecular formula is C33H49NO5. The molecule has 6 rings (SSSR count). The predicted octanol–water partition coefficient (Wildman–Crippen LogP) is 5.98. The summed E-state index contributed by atoms with van der Waals surface area (Å²) in [5, 5.41) is 0. The van der Waals surface area contributed by atoms with Gasteiger partial charge < -0.3 is 19.1 Å². The van der Waals surface area contributed by atoms with Crippen molar-refractivity contribution in [1.82, 2.24) is 4.90 Å². The fraction of sp³-hybridized carbons (Fsp3) is 0.758. The number of esters is 2. The number of carbonyl (C=O) groups is 2. The van der Waals surface area contributed by atoms with Gasteiger partial charge in [-0.1, -0.05) is 31.9 Å². The van der Waals surface area contributed by atoms with Crippen molar-refractivity contribution in [2.24, 2.45) is 29.6 Å². The van der Waals surface area contributed by atoms with E-state index in [0.29, 0.717) is 36.2 Å². The van der Waals surface area contributed by atoms with E-state index in [1.165, 1.54) is 69.7 Å². The Labute approximate surface area is 235 Å². The van der Waals surface area contributed by atoms with Crippen LogP contribution in [0.5, 0.6) is 5.75 Å². The molecule has 0 aromatic heterocycles. The van der Waals surface area contributed by atoms with Crippen LogP contribution in [0.15, 0.2) is 18.2 Å². The van der Waals surface area contributed by atoms with Crippen molar-refractivity contribution >= 4 is 11.9 Å². The first-order valence-electron chi connectivity index (χ1n) is 15.8. The van der Waals surface area contributed by atoms with Crippen LogP contribution in [0.4, 0.5) is 0 Å². The Hall–Kier alpha value is -2.08. The molecule has 3 aliphatic heterocycles. The Morgan fingerprint density at radius 3 is 2.59 bits per heavy atom. The van der Waals surface area contributed by atoms with Crippen molar-refractivity contribution in [1.29, 1.82) is 0 Å². The SMILES string of the molecule is CCCCC[C@@H](CC[C@H]1CC[C@@H]2Cc3c(cccc3OCC(=O)OCC3CN4CCC3CC4)C[C@H]12)OC(C)=O. The molecule has 1 aromatic rings. The van der Waals surface area contributed by atoms with Crippen molar-refractivity contribution in [3.63, 3.8) is 0 Å². The summed E-state index contributed by atoms with van der Waals surface area (Å²) in [7, 11) is 0. The minimum absolute atomic E-state index is 0.0101. The highest BCUT2D eigenvalue weighted by Gasteiger charge is 2.40. The van der Waals surface area contributed by atoms with E-state index in [4.69, 9.17) is 14.2 Å². The van der Waals surface area contributed by atoms with Crippen LogP contribution >= 0.6 is 0 Å². The molecule has 3 saturated heterocycles. The minimum atomic E-state index is -0.250. The van der Waals surface area contributed by atoms with E-state index in [0.717, 1.165) is 50.8 Å². The number of hydrogen-bond acceptors (Lipinski definition) is 6. The van der Waals surface area contributed by atoms with Gasteiger partial charge in [-0.2, -0.15) is 0 Å². The summed E-state index contributed by atoms with van der Waals surface area (Å²) >= 11 is 0. The van der Waals surface area contributed by atoms with E-state index in [9.17, 15) is 9.59 Å². The third kappa shape index (κ3) is 7.36. The molecule has 2 aliphatic carbocycles. The Kier molecular flexibility index (Phi) is 9.86. The van der Waals surface area contributed by atoms with Gasteiger partial charge in [0.25, 0.3) is 0 Å². The van der Waals surface area contributed by atoms with Gasteiger partial charge in [-0.3, -0.25) is 4.79 Å². The molecule has 6 nitrogen and oxygen atoms in total. The Bertz CT molecular complexity index is 971. The summed E-state index contributed by atoms with van der Waals surface area (Å²) in [5.74, 6) is 3.70. The van der Waals surface area contributed by atoms with Crippen LogP contribution in [0.25, 0.3) is 0 Å². The smallest absolute Gasteiger partial charge is 0.344 e. The molecule has 0 radical (unpaired) electrons. The number of rotatable bonds is 13. The fourth-order valence-corrected chi connectivity index (χ4v) is 8.05. The normalized spacial score (nSPS) is 29.8. The first-order valence-corrected chi connectivity index (χ1v) is 15.8. The highest BCUT2D eigenvalue weighted by atomic mass is 16.6. The molecule has 1 aromatic carbocycles. The van der Waals surface area contributed by atoms with E-state index in [-0.39, 0.29) is 24.6 Å². The Balaban J connectivity index is 1.11. The summed E-state index contributed by atoms with van der Waals surface area (Å²) in [6.45, 7) is 7.73. The van der Waals surface area contributed by atoms with Gasteiger partial charge in [0.1, 0.15) is 11.9 Å². The second-order valence-corrected chi connectivity index (χ2v) is 12.7. The number of unbranched alkanes of at least 4 members (excludes halogenated alkanes) is 2. The topological polar surface area (TPSA) is 65.1 Å². The molecule has 6 heteroatoms. The molecule has 2 bridgehead atoms. The standard InChI is InChI=1S/C33H49NO5/c1-3-4-5-8-29(39-23(2)35)13-12-25-10-11-27-19-31-26(18-30(25)27)7-6-9-32(31)37-22-33(36)38-21-28-20-34-16-14-24(28)15-17-34/h6-7,9,24-25,27-30H,3-5,8,10-22H2,1-2H3/t25-,27-,28?,29+,30-/m1/s1. The van der Waals surface area contributed by atoms with Crippen molar-refractivity contribution in [3.05, 3.63) is 29.3 Å². The van der Waals surface area contributed by atoms with Gasteiger partial charge in [-0.15, -0.1) is 0 Å². The van der Waals surface area contributed by atoms with Gasteiger partial charge in [0.05, 0.1) is 6.61 Å². The number of fused-ring (bicyclic) bond motifs is 5. The molecule has 5 aliphatic rings. The third-order valence-electron chi connectivity index (χ3n) is 10.2. The maximum absolute atomic E-state index is 12.5. The van der Waals surface area contributed by atoms with Crippen molar-refractivity contribution in [3.8, 4) is 5.75 Å². The molecule has 0 N–H and O–H groups in total. The first kappa shape index (κ1) is 28.4. The van der Waals surface area contributed by atoms with Gasteiger partial charge in [-0.05, 0) is 118 Å². The summed E-state index contributed by atoms with van der Waals surface area (Å²) in [6, 6.07) is 6.33. The second-order valence-electron chi connectivity index (χ2n) is 12.7. The molecule has 1 saturated carbocycles. The van der Waals surface area contributed by atoms with Gasteiger partial charge in [0.2, 0.25) is 0 Å². The molecule has 4 fully saturated rings. The maximum Gasteiger partial charge on any atom is 0.344 e. The van der Waals surface area contributed by atoms with Crippen LogP contribution in [0.1, 0.15) is 89.2 Å². The summed E-state index contributed by atoms with van der Waals surface area (Å²) in [4.78, 5) is 26.7. The molecule has 0 amide bonds. The monoisotopic (exact) mass is 539 g/mol. The van der Waals surface area contributed by atoms with Crippen LogP contribution in [-0.4, -0.2) is 55.8 Å². The number of carbonyl (C=O) groups excluding carboxylic acids is 2. The van der Waals surface area contributed by atoms with Crippen LogP contribution in [-0.2, 0) is 31.9 Å².